The Morgan fingerprint density at radius 3 is 2.39 bits per heavy atom. The second-order valence-corrected chi connectivity index (χ2v) is 9.87. The fourth-order valence-electron chi connectivity index (χ4n) is 5.20. The molecule has 1 heterocycles. The van der Waals surface area contributed by atoms with Gasteiger partial charge in [0.1, 0.15) is 5.82 Å². The van der Waals surface area contributed by atoms with Crippen molar-refractivity contribution in [3.63, 3.8) is 0 Å². The lowest BCUT2D eigenvalue weighted by Crippen LogP contribution is -2.50. The molecule has 5 nitrogen and oxygen atoms in total. The van der Waals surface area contributed by atoms with Crippen molar-refractivity contribution in [2.75, 3.05) is 26.8 Å². The van der Waals surface area contributed by atoms with Crippen LogP contribution in [0, 0.1) is 28.4 Å². The number of benzene rings is 1. The Kier molecular flexibility index (Phi) is 5.97. The summed E-state index contributed by atoms with van der Waals surface area (Å²) in [6.45, 7) is 4.15. The number of rotatable bonds is 7. The van der Waals surface area contributed by atoms with Crippen molar-refractivity contribution in [2.45, 2.75) is 58.3 Å². The highest BCUT2D eigenvalue weighted by Crippen LogP contribution is 2.55. The van der Waals surface area contributed by atoms with Crippen molar-refractivity contribution >= 4 is 11.9 Å². The number of nitrogens with zero attached hydrogens (tertiary/aromatic N) is 1. The van der Waals surface area contributed by atoms with Gasteiger partial charge in [-0.15, -0.1) is 0 Å². The number of carbonyl (C=O) groups excluding carboxylic acids is 2. The lowest BCUT2D eigenvalue weighted by molar-refractivity contribution is -0.140. The lowest BCUT2D eigenvalue weighted by atomic mass is 9.56. The molecule has 0 radical (unpaired) electrons. The van der Waals surface area contributed by atoms with Crippen molar-refractivity contribution in [2.24, 2.45) is 16.7 Å². The van der Waals surface area contributed by atoms with E-state index in [-0.39, 0.29) is 11.2 Å². The predicted octanol–water partition coefficient (Wildman–Crippen LogP) is 4.73. The Hall–Kier alpha value is -2.18. The summed E-state index contributed by atoms with van der Waals surface area (Å²) in [5, 5.41) is 0. The van der Waals surface area contributed by atoms with E-state index >= 15 is 0 Å². The number of piperidine rings is 1. The number of likely N-dealkylation sites (tertiary alicyclic amines) is 1. The topological polar surface area (TPSA) is 55.8 Å². The van der Waals surface area contributed by atoms with Crippen LogP contribution in [0.1, 0.15) is 68.6 Å². The molecule has 31 heavy (non-hydrogen) atoms. The van der Waals surface area contributed by atoms with E-state index in [0.717, 1.165) is 70.9 Å². The van der Waals surface area contributed by atoms with E-state index in [2.05, 4.69) is 16.6 Å². The molecule has 2 aliphatic carbocycles. The third-order valence-corrected chi connectivity index (χ3v) is 7.51. The highest BCUT2D eigenvalue weighted by molar-refractivity contribution is 5.89. The van der Waals surface area contributed by atoms with Crippen LogP contribution in [-0.4, -0.2) is 43.6 Å². The smallest absolute Gasteiger partial charge is 0.340 e. The first-order valence-corrected chi connectivity index (χ1v) is 11.2. The third kappa shape index (κ3) is 4.55. The van der Waals surface area contributed by atoms with Gasteiger partial charge in [0.25, 0.3) is 0 Å². The Morgan fingerprint density at radius 1 is 1.10 bits per heavy atom. The molecule has 7 heteroatoms. The van der Waals surface area contributed by atoms with Crippen LogP contribution in [0.3, 0.4) is 0 Å². The van der Waals surface area contributed by atoms with E-state index in [9.17, 15) is 18.4 Å². The zero-order valence-electron chi connectivity index (χ0n) is 18.3. The monoisotopic (exact) mass is 435 g/mol. The number of esters is 1. The fourth-order valence-corrected chi connectivity index (χ4v) is 5.20. The molecule has 1 aliphatic heterocycles. The number of amides is 1. The molecule has 3 fully saturated rings. The van der Waals surface area contributed by atoms with Crippen LogP contribution < -0.4 is 4.74 Å². The Bertz CT molecular complexity index is 851. The van der Waals surface area contributed by atoms with E-state index in [0.29, 0.717) is 23.8 Å². The minimum absolute atomic E-state index is 0.0747. The summed E-state index contributed by atoms with van der Waals surface area (Å²) in [4.78, 5) is 26.0. The zero-order valence-corrected chi connectivity index (χ0v) is 18.3. The van der Waals surface area contributed by atoms with Crippen LogP contribution in [0.2, 0.25) is 0 Å². The molecule has 1 amide bonds. The molecule has 0 bridgehead atoms. The largest absolute Gasteiger partial charge is 0.490 e. The highest BCUT2D eigenvalue weighted by atomic mass is 19.1. The molecular formula is C24H31F2NO4. The van der Waals surface area contributed by atoms with Gasteiger partial charge in [-0.05, 0) is 68.8 Å². The fraction of sp³-hybridized carbons (Fsp3) is 0.667. The first-order valence-electron chi connectivity index (χ1n) is 11.2. The van der Waals surface area contributed by atoms with E-state index in [4.69, 9.17) is 4.74 Å². The number of methoxy groups -OCH3 is 1. The van der Waals surface area contributed by atoms with E-state index in [1.807, 2.05) is 0 Å². The van der Waals surface area contributed by atoms with Gasteiger partial charge in [0, 0.05) is 24.6 Å². The molecule has 1 spiro atoms. The molecule has 1 aromatic rings. The lowest BCUT2D eigenvalue weighted by Gasteiger charge is -2.52. The summed E-state index contributed by atoms with van der Waals surface area (Å²) >= 11 is 0. The number of carbonyl (C=O) groups is 2. The van der Waals surface area contributed by atoms with Gasteiger partial charge in [-0.25, -0.2) is 13.6 Å². The van der Waals surface area contributed by atoms with Crippen molar-refractivity contribution in [3.05, 3.63) is 29.3 Å². The molecule has 170 valence electrons. The second-order valence-electron chi connectivity index (χ2n) is 9.87. The maximum Gasteiger partial charge on any atom is 0.340 e. The van der Waals surface area contributed by atoms with Crippen molar-refractivity contribution in [1.82, 2.24) is 4.90 Å². The predicted molar refractivity (Wildman–Crippen MR) is 111 cm³/mol. The summed E-state index contributed by atoms with van der Waals surface area (Å²) in [7, 11) is 1.12. The summed E-state index contributed by atoms with van der Waals surface area (Å²) in [6, 6.07) is 1.71. The van der Waals surface area contributed by atoms with E-state index in [1.165, 1.54) is 12.8 Å². The number of hydrogen-bond acceptors (Lipinski definition) is 4. The van der Waals surface area contributed by atoms with Crippen LogP contribution in [0.4, 0.5) is 8.78 Å². The normalized spacial score (nSPS) is 21.5. The minimum Gasteiger partial charge on any atom is -0.490 e. The molecule has 0 aromatic heterocycles. The minimum atomic E-state index is -0.918. The van der Waals surface area contributed by atoms with Crippen LogP contribution >= 0.6 is 0 Å². The molecule has 0 unspecified atom stereocenters. The van der Waals surface area contributed by atoms with E-state index in [1.54, 1.807) is 0 Å². The highest BCUT2D eigenvalue weighted by Gasteiger charge is 2.50. The first-order chi connectivity index (χ1) is 14.8. The van der Waals surface area contributed by atoms with E-state index < -0.39 is 23.2 Å². The maximum atomic E-state index is 14.1. The van der Waals surface area contributed by atoms with Gasteiger partial charge < -0.3 is 14.4 Å². The number of halogens is 2. The van der Waals surface area contributed by atoms with Gasteiger partial charge in [0.15, 0.2) is 11.6 Å². The Labute approximate surface area is 182 Å². The van der Waals surface area contributed by atoms with Crippen LogP contribution in [0.5, 0.6) is 5.75 Å². The van der Waals surface area contributed by atoms with Crippen molar-refractivity contribution in [3.8, 4) is 5.75 Å². The summed E-state index contributed by atoms with van der Waals surface area (Å²) in [5.41, 5.74) is -0.119. The van der Waals surface area contributed by atoms with Gasteiger partial charge in [-0.1, -0.05) is 6.92 Å². The van der Waals surface area contributed by atoms with Gasteiger partial charge in [0.05, 0.1) is 19.3 Å². The molecular weight excluding hydrogens is 404 g/mol. The van der Waals surface area contributed by atoms with Gasteiger partial charge in [-0.2, -0.15) is 0 Å². The molecule has 3 aliphatic rings. The first kappa shape index (κ1) is 22.0. The number of hydrogen-bond donors (Lipinski definition) is 0. The Morgan fingerprint density at radius 2 is 1.77 bits per heavy atom. The van der Waals surface area contributed by atoms with Crippen LogP contribution in [-0.2, 0) is 9.53 Å². The number of ether oxygens (including phenoxy) is 2. The van der Waals surface area contributed by atoms with Gasteiger partial charge in [0.2, 0.25) is 5.91 Å². The third-order valence-electron chi connectivity index (χ3n) is 7.51. The standard InChI is InChI=1S/C24H31F2NO4/c1-23(5-6-23)22(29)27-9-7-24(8-10-27)14-16(15-24)4-3-11-31-20-13-18(25)17(12-19(20)26)21(28)30-2/h12-13,16H,3-11,14-15H2,1-2H3. The maximum absolute atomic E-state index is 14.1. The van der Waals surface area contributed by atoms with Gasteiger partial charge >= 0.3 is 5.97 Å². The van der Waals surface area contributed by atoms with Crippen LogP contribution in [0.15, 0.2) is 12.1 Å². The molecule has 0 N–H and O–H groups in total. The van der Waals surface area contributed by atoms with Crippen molar-refractivity contribution < 1.29 is 27.8 Å². The molecule has 0 atom stereocenters. The molecule has 1 saturated heterocycles. The molecule has 4 rings (SSSR count). The van der Waals surface area contributed by atoms with Crippen LogP contribution in [0.25, 0.3) is 0 Å². The summed E-state index contributed by atoms with van der Waals surface area (Å²) in [5.74, 6) is -1.75. The average molecular weight is 436 g/mol. The molecule has 2 saturated carbocycles. The summed E-state index contributed by atoms with van der Waals surface area (Å²) < 4.78 is 37.9. The second kappa shape index (κ2) is 8.40. The quantitative estimate of drug-likeness (QED) is 0.459. The average Bonchev–Trinajstić information content (AvgIpc) is 3.49. The molecule has 1 aromatic carbocycles. The SMILES string of the molecule is COC(=O)c1cc(F)c(OCCCC2CC3(CCN(C(=O)C4(C)CC4)CC3)C2)cc1F. The Balaban J connectivity index is 1.16. The van der Waals surface area contributed by atoms with Crippen molar-refractivity contribution in [1.29, 1.82) is 0 Å². The van der Waals surface area contributed by atoms with Gasteiger partial charge in [-0.3, -0.25) is 4.79 Å². The zero-order chi connectivity index (χ0) is 22.2. The summed E-state index contributed by atoms with van der Waals surface area (Å²) in [6.07, 6.45) is 8.38.